The molecule has 5 nitrogen and oxygen atoms in total. The highest BCUT2D eigenvalue weighted by molar-refractivity contribution is 9.10. The van der Waals surface area contributed by atoms with Gasteiger partial charge in [-0.2, -0.15) is 0 Å². The van der Waals surface area contributed by atoms with Crippen molar-refractivity contribution < 1.29 is 14.3 Å². The van der Waals surface area contributed by atoms with E-state index < -0.39 is 18.0 Å². The first-order valence-electron chi connectivity index (χ1n) is 5.87. The summed E-state index contributed by atoms with van der Waals surface area (Å²) in [4.78, 5) is 22.2. The Balaban J connectivity index is 2.87. The third kappa shape index (κ3) is 4.55. The number of imide groups is 1. The molecule has 3 amide bonds. The molecule has 0 bridgehead atoms. The van der Waals surface area contributed by atoms with Crippen LogP contribution in [-0.4, -0.2) is 18.0 Å². The van der Waals surface area contributed by atoms with Crippen molar-refractivity contribution in [1.82, 2.24) is 5.32 Å². The number of carbonyl (C=O) groups excluding carboxylic acids is 2. The average molecular weight is 329 g/mol. The van der Waals surface area contributed by atoms with Crippen LogP contribution in [0.5, 0.6) is 5.75 Å². The normalized spacial score (nSPS) is 12.1. The van der Waals surface area contributed by atoms with E-state index >= 15 is 0 Å². The molecular weight excluding hydrogens is 312 g/mol. The van der Waals surface area contributed by atoms with Crippen LogP contribution in [0.3, 0.4) is 0 Å². The van der Waals surface area contributed by atoms with Crippen molar-refractivity contribution in [1.29, 1.82) is 0 Å². The highest BCUT2D eigenvalue weighted by Crippen LogP contribution is 2.30. The number of halogens is 1. The zero-order valence-corrected chi connectivity index (χ0v) is 12.7. The maximum absolute atomic E-state index is 11.6. The Morgan fingerprint density at radius 2 is 1.95 bits per heavy atom. The molecule has 0 saturated carbocycles. The first-order valence-corrected chi connectivity index (χ1v) is 6.67. The van der Waals surface area contributed by atoms with Gasteiger partial charge in [-0.25, -0.2) is 4.79 Å². The number of hydrogen-bond acceptors (Lipinski definition) is 3. The molecule has 0 radical (unpaired) electrons. The quantitative estimate of drug-likeness (QED) is 0.891. The van der Waals surface area contributed by atoms with E-state index in [0.29, 0.717) is 5.75 Å². The number of urea groups is 1. The minimum Gasteiger partial charge on any atom is -0.481 e. The van der Waals surface area contributed by atoms with Crippen LogP contribution in [0, 0.1) is 0 Å². The molecule has 6 heteroatoms. The molecule has 0 spiro atoms. The van der Waals surface area contributed by atoms with Gasteiger partial charge in [0, 0.05) is 4.47 Å². The number of nitrogens with one attached hydrogen (secondary N) is 1. The molecule has 1 atom stereocenters. The number of rotatable bonds is 4. The topological polar surface area (TPSA) is 81.4 Å². The molecule has 0 heterocycles. The Hall–Kier alpha value is -1.56. The van der Waals surface area contributed by atoms with Gasteiger partial charge >= 0.3 is 6.03 Å². The summed E-state index contributed by atoms with van der Waals surface area (Å²) in [6.07, 6.45) is -0.800. The Kier molecular flexibility index (Phi) is 5.35. The number of primary amides is 1. The van der Waals surface area contributed by atoms with E-state index in [1.54, 1.807) is 13.0 Å². The molecule has 0 aliphatic rings. The van der Waals surface area contributed by atoms with Gasteiger partial charge in [0.25, 0.3) is 5.91 Å². The summed E-state index contributed by atoms with van der Waals surface area (Å²) in [5, 5.41) is 1.99. The van der Waals surface area contributed by atoms with Gasteiger partial charge in [-0.1, -0.05) is 29.8 Å². The summed E-state index contributed by atoms with van der Waals surface area (Å²) in [7, 11) is 0. The van der Waals surface area contributed by atoms with E-state index in [4.69, 9.17) is 10.5 Å². The fourth-order valence-electron chi connectivity index (χ4n) is 1.54. The standard InChI is InChI=1S/C13H17BrN2O3/c1-7(2)10-6-9(14)4-5-11(10)19-8(3)12(17)16-13(15)18/h4-8H,1-3H3,(H3,15,16,17,18). The number of carbonyl (C=O) groups is 2. The number of nitrogens with two attached hydrogens (primary N) is 1. The third-order valence-electron chi connectivity index (χ3n) is 2.51. The first-order chi connectivity index (χ1) is 8.81. The van der Waals surface area contributed by atoms with Crippen molar-refractivity contribution in [3.63, 3.8) is 0 Å². The van der Waals surface area contributed by atoms with E-state index in [9.17, 15) is 9.59 Å². The number of ether oxygens (including phenoxy) is 1. The second-order valence-electron chi connectivity index (χ2n) is 4.45. The van der Waals surface area contributed by atoms with Gasteiger partial charge in [-0.15, -0.1) is 0 Å². The Bertz CT molecular complexity index is 489. The highest BCUT2D eigenvalue weighted by Gasteiger charge is 2.18. The van der Waals surface area contributed by atoms with Gasteiger partial charge in [0.15, 0.2) is 6.10 Å². The van der Waals surface area contributed by atoms with Crippen molar-refractivity contribution in [3.05, 3.63) is 28.2 Å². The number of amides is 3. The predicted octanol–water partition coefficient (Wildman–Crippen LogP) is 2.53. The van der Waals surface area contributed by atoms with Crippen molar-refractivity contribution in [2.24, 2.45) is 5.73 Å². The Morgan fingerprint density at radius 3 is 2.47 bits per heavy atom. The molecule has 19 heavy (non-hydrogen) atoms. The van der Waals surface area contributed by atoms with Crippen LogP contribution in [-0.2, 0) is 4.79 Å². The third-order valence-corrected chi connectivity index (χ3v) is 3.01. The summed E-state index contributed by atoms with van der Waals surface area (Å²) >= 11 is 3.40. The zero-order chi connectivity index (χ0) is 14.6. The van der Waals surface area contributed by atoms with Gasteiger partial charge in [0.05, 0.1) is 0 Å². The van der Waals surface area contributed by atoms with Gasteiger partial charge in [0.2, 0.25) is 0 Å². The number of hydrogen-bond donors (Lipinski definition) is 2. The van der Waals surface area contributed by atoms with Gasteiger partial charge < -0.3 is 10.5 Å². The largest absolute Gasteiger partial charge is 0.481 e. The van der Waals surface area contributed by atoms with Gasteiger partial charge in [-0.05, 0) is 36.6 Å². The van der Waals surface area contributed by atoms with Crippen LogP contribution < -0.4 is 15.8 Å². The zero-order valence-electron chi connectivity index (χ0n) is 11.1. The molecule has 0 saturated heterocycles. The molecule has 0 aliphatic heterocycles. The molecule has 1 unspecified atom stereocenters. The molecule has 0 aromatic heterocycles. The Labute approximate surface area is 120 Å². The molecule has 1 aromatic carbocycles. The van der Waals surface area contributed by atoms with E-state index in [2.05, 4.69) is 15.9 Å². The first kappa shape index (κ1) is 15.5. The minimum atomic E-state index is -0.889. The smallest absolute Gasteiger partial charge is 0.318 e. The van der Waals surface area contributed by atoms with Crippen LogP contribution in [0.4, 0.5) is 4.79 Å². The summed E-state index contributed by atoms with van der Waals surface area (Å²) in [5.41, 5.74) is 5.87. The summed E-state index contributed by atoms with van der Waals surface area (Å²) in [6, 6.07) is 4.67. The molecule has 0 fully saturated rings. The van der Waals surface area contributed by atoms with E-state index in [-0.39, 0.29) is 5.92 Å². The number of benzene rings is 1. The fourth-order valence-corrected chi connectivity index (χ4v) is 1.92. The van der Waals surface area contributed by atoms with E-state index in [1.807, 2.05) is 31.3 Å². The maximum Gasteiger partial charge on any atom is 0.318 e. The van der Waals surface area contributed by atoms with Crippen molar-refractivity contribution in [2.45, 2.75) is 32.8 Å². The van der Waals surface area contributed by atoms with Gasteiger partial charge in [-0.3, -0.25) is 10.1 Å². The average Bonchev–Trinajstić information content (AvgIpc) is 2.30. The lowest BCUT2D eigenvalue weighted by atomic mass is 10.0. The van der Waals surface area contributed by atoms with Crippen LogP contribution in [0.15, 0.2) is 22.7 Å². The monoisotopic (exact) mass is 328 g/mol. The molecule has 104 valence electrons. The fraction of sp³-hybridized carbons (Fsp3) is 0.385. The molecule has 0 aliphatic carbocycles. The molecule has 3 N–H and O–H groups in total. The van der Waals surface area contributed by atoms with Crippen LogP contribution >= 0.6 is 15.9 Å². The SMILES string of the molecule is CC(Oc1ccc(Br)cc1C(C)C)C(=O)NC(N)=O. The highest BCUT2D eigenvalue weighted by atomic mass is 79.9. The summed E-state index contributed by atoms with van der Waals surface area (Å²) in [6.45, 7) is 5.62. The van der Waals surface area contributed by atoms with Crippen LogP contribution in [0.25, 0.3) is 0 Å². The molecular formula is C13H17BrN2O3. The predicted molar refractivity (Wildman–Crippen MR) is 76.0 cm³/mol. The molecule has 1 rings (SSSR count). The van der Waals surface area contributed by atoms with Gasteiger partial charge in [0.1, 0.15) is 5.75 Å². The van der Waals surface area contributed by atoms with Crippen LogP contribution in [0.2, 0.25) is 0 Å². The van der Waals surface area contributed by atoms with Crippen molar-refractivity contribution in [2.75, 3.05) is 0 Å². The van der Waals surface area contributed by atoms with Crippen LogP contribution in [0.1, 0.15) is 32.3 Å². The lowest BCUT2D eigenvalue weighted by Crippen LogP contribution is -2.42. The second-order valence-corrected chi connectivity index (χ2v) is 5.37. The van der Waals surface area contributed by atoms with Crippen molar-refractivity contribution >= 4 is 27.9 Å². The van der Waals surface area contributed by atoms with Crippen molar-refractivity contribution in [3.8, 4) is 5.75 Å². The van der Waals surface area contributed by atoms with E-state index in [1.165, 1.54) is 0 Å². The van der Waals surface area contributed by atoms with E-state index in [0.717, 1.165) is 10.0 Å². The summed E-state index contributed by atoms with van der Waals surface area (Å²) < 4.78 is 6.53. The summed E-state index contributed by atoms with van der Waals surface area (Å²) in [5.74, 6) is 0.300. The lowest BCUT2D eigenvalue weighted by molar-refractivity contribution is -0.126. The Morgan fingerprint density at radius 1 is 1.32 bits per heavy atom. The minimum absolute atomic E-state index is 0.249. The molecule has 1 aromatic rings. The maximum atomic E-state index is 11.6. The second kappa shape index (κ2) is 6.56. The lowest BCUT2D eigenvalue weighted by Gasteiger charge is -2.18.